The van der Waals surface area contributed by atoms with E-state index in [9.17, 15) is 4.79 Å². The van der Waals surface area contributed by atoms with Crippen LogP contribution in [0.5, 0.6) is 17.2 Å². The van der Waals surface area contributed by atoms with Crippen molar-refractivity contribution in [2.75, 3.05) is 54.5 Å². The van der Waals surface area contributed by atoms with E-state index in [2.05, 4.69) is 23.9 Å². The SMILES string of the molecule is CN(C)CCCOC(=O)c1cc2c(s1)-c1ccc(OCCCN(C)C)cc1Oc1ccccc1-2. The normalized spacial score (nSPS) is 11.9. The van der Waals surface area contributed by atoms with Crippen LogP contribution in [0.1, 0.15) is 22.5 Å². The van der Waals surface area contributed by atoms with Gasteiger partial charge in [0.15, 0.2) is 0 Å². The highest BCUT2D eigenvalue weighted by Gasteiger charge is 2.26. The fourth-order valence-corrected chi connectivity index (χ4v) is 4.94. The molecule has 6 nitrogen and oxygen atoms in total. The van der Waals surface area contributed by atoms with Crippen LogP contribution in [0.25, 0.3) is 21.6 Å². The van der Waals surface area contributed by atoms with Crippen LogP contribution < -0.4 is 9.47 Å². The minimum Gasteiger partial charge on any atom is -0.493 e. The van der Waals surface area contributed by atoms with E-state index in [-0.39, 0.29) is 5.97 Å². The molecule has 2 heterocycles. The van der Waals surface area contributed by atoms with E-state index >= 15 is 0 Å². The van der Waals surface area contributed by atoms with Crippen molar-refractivity contribution in [1.82, 2.24) is 9.80 Å². The number of para-hydroxylation sites is 1. The first kappa shape index (κ1) is 24.3. The molecule has 0 unspecified atom stereocenters. The number of rotatable bonds is 10. The van der Waals surface area contributed by atoms with Crippen molar-refractivity contribution in [3.05, 3.63) is 53.4 Å². The third-order valence-electron chi connectivity index (χ3n) is 5.53. The molecule has 0 N–H and O–H groups in total. The number of nitrogens with zero attached hydrogens (tertiary/aromatic N) is 2. The molecule has 3 aromatic rings. The van der Waals surface area contributed by atoms with Gasteiger partial charge in [-0.1, -0.05) is 18.2 Å². The van der Waals surface area contributed by atoms with Crippen LogP contribution in [0, 0.1) is 0 Å². The summed E-state index contributed by atoms with van der Waals surface area (Å²) >= 11 is 1.45. The lowest BCUT2D eigenvalue weighted by atomic mass is 10.0. The number of fused-ring (bicyclic) bond motifs is 5. The highest BCUT2D eigenvalue weighted by atomic mass is 32.1. The number of thiophene rings is 1. The molecule has 0 amide bonds. The van der Waals surface area contributed by atoms with Crippen molar-refractivity contribution in [2.45, 2.75) is 12.8 Å². The Hall–Kier alpha value is -2.87. The average Bonchev–Trinajstić information content (AvgIpc) is 3.20. The average molecular weight is 481 g/mol. The zero-order valence-corrected chi connectivity index (χ0v) is 21.1. The molecular formula is C27H32N2O4S. The third kappa shape index (κ3) is 5.78. The van der Waals surface area contributed by atoms with Crippen molar-refractivity contribution >= 4 is 17.3 Å². The van der Waals surface area contributed by atoms with Gasteiger partial charge in [0.2, 0.25) is 0 Å². The first-order chi connectivity index (χ1) is 16.4. The van der Waals surface area contributed by atoms with Crippen LogP contribution in [-0.2, 0) is 4.74 Å². The van der Waals surface area contributed by atoms with E-state index in [0.29, 0.717) is 18.1 Å². The molecule has 34 heavy (non-hydrogen) atoms. The predicted octanol–water partition coefficient (Wildman–Crippen LogP) is 5.63. The van der Waals surface area contributed by atoms with Gasteiger partial charge >= 0.3 is 5.97 Å². The quantitative estimate of drug-likeness (QED) is 0.217. The zero-order chi connectivity index (χ0) is 24.1. The number of hydrogen-bond donors (Lipinski definition) is 0. The van der Waals surface area contributed by atoms with Gasteiger partial charge in [0.05, 0.1) is 13.2 Å². The Morgan fingerprint density at radius 2 is 1.59 bits per heavy atom. The molecule has 4 rings (SSSR count). The van der Waals surface area contributed by atoms with Crippen LogP contribution in [0.3, 0.4) is 0 Å². The first-order valence-electron chi connectivity index (χ1n) is 11.6. The Balaban J connectivity index is 1.60. The highest BCUT2D eigenvalue weighted by Crippen LogP contribution is 2.50. The van der Waals surface area contributed by atoms with E-state index in [0.717, 1.165) is 64.7 Å². The second-order valence-electron chi connectivity index (χ2n) is 8.91. The van der Waals surface area contributed by atoms with Crippen molar-refractivity contribution in [2.24, 2.45) is 0 Å². The number of benzene rings is 2. The smallest absolute Gasteiger partial charge is 0.348 e. The van der Waals surface area contributed by atoms with Crippen molar-refractivity contribution < 1.29 is 19.0 Å². The van der Waals surface area contributed by atoms with Crippen LogP contribution >= 0.6 is 11.3 Å². The summed E-state index contributed by atoms with van der Waals surface area (Å²) in [6.07, 6.45) is 1.75. The van der Waals surface area contributed by atoms with Gasteiger partial charge in [-0.3, -0.25) is 0 Å². The maximum absolute atomic E-state index is 12.8. The summed E-state index contributed by atoms with van der Waals surface area (Å²) in [7, 11) is 8.13. The molecule has 1 aromatic heterocycles. The Kier molecular flexibility index (Phi) is 7.88. The topological polar surface area (TPSA) is 51.2 Å². The van der Waals surface area contributed by atoms with Gasteiger partial charge in [0.1, 0.15) is 22.1 Å². The van der Waals surface area contributed by atoms with Crippen molar-refractivity contribution in [1.29, 1.82) is 0 Å². The monoisotopic (exact) mass is 480 g/mol. The van der Waals surface area contributed by atoms with Crippen LogP contribution in [0.4, 0.5) is 0 Å². The van der Waals surface area contributed by atoms with Gasteiger partial charge in [0.25, 0.3) is 0 Å². The number of carbonyl (C=O) groups is 1. The van der Waals surface area contributed by atoms with Gasteiger partial charge in [-0.05, 0) is 65.3 Å². The number of ether oxygens (including phenoxy) is 3. The summed E-state index contributed by atoms with van der Waals surface area (Å²) < 4.78 is 17.8. The molecule has 0 radical (unpaired) electrons. The maximum Gasteiger partial charge on any atom is 0.348 e. The fraction of sp³-hybridized carbons (Fsp3) is 0.370. The van der Waals surface area contributed by atoms with Gasteiger partial charge in [-0.2, -0.15) is 0 Å². The molecule has 1 aliphatic heterocycles. The molecule has 0 atom stereocenters. The molecule has 0 bridgehead atoms. The van der Waals surface area contributed by atoms with Gasteiger partial charge in [0, 0.05) is 40.7 Å². The van der Waals surface area contributed by atoms with Crippen LogP contribution in [-0.4, -0.2) is 70.3 Å². The van der Waals surface area contributed by atoms with E-state index < -0.39 is 0 Å². The summed E-state index contributed by atoms with van der Waals surface area (Å²) in [6, 6.07) is 15.8. The second-order valence-corrected chi connectivity index (χ2v) is 9.96. The molecular weight excluding hydrogens is 448 g/mol. The minimum atomic E-state index is -0.280. The van der Waals surface area contributed by atoms with Crippen LogP contribution in [0.15, 0.2) is 48.5 Å². The lowest BCUT2D eigenvalue weighted by molar-refractivity contribution is 0.0499. The number of esters is 1. The predicted molar refractivity (Wildman–Crippen MR) is 137 cm³/mol. The molecule has 1 aliphatic rings. The number of hydrogen-bond acceptors (Lipinski definition) is 7. The van der Waals surface area contributed by atoms with E-state index in [4.69, 9.17) is 14.2 Å². The molecule has 0 aliphatic carbocycles. The summed E-state index contributed by atoms with van der Waals surface area (Å²) in [4.78, 5) is 18.6. The third-order valence-corrected chi connectivity index (χ3v) is 6.68. The lowest BCUT2D eigenvalue weighted by Gasteiger charge is -2.13. The summed E-state index contributed by atoms with van der Waals surface area (Å²) in [6.45, 7) is 2.90. The minimum absolute atomic E-state index is 0.280. The van der Waals surface area contributed by atoms with E-state index in [1.54, 1.807) is 0 Å². The first-order valence-corrected chi connectivity index (χ1v) is 12.4. The maximum atomic E-state index is 12.8. The van der Waals surface area contributed by atoms with Crippen molar-refractivity contribution in [3.63, 3.8) is 0 Å². The number of carbonyl (C=O) groups excluding carboxylic acids is 1. The summed E-state index contributed by atoms with van der Waals surface area (Å²) in [5, 5.41) is 0. The lowest BCUT2D eigenvalue weighted by Crippen LogP contribution is -2.16. The summed E-state index contributed by atoms with van der Waals surface area (Å²) in [5.74, 6) is 1.98. The molecule has 0 saturated carbocycles. The largest absolute Gasteiger partial charge is 0.493 e. The van der Waals surface area contributed by atoms with Crippen molar-refractivity contribution in [3.8, 4) is 38.8 Å². The molecule has 0 saturated heterocycles. The second kappa shape index (κ2) is 11.0. The molecule has 0 spiro atoms. The Labute approximate surface area is 205 Å². The van der Waals surface area contributed by atoms with E-state index in [1.807, 2.05) is 62.6 Å². The van der Waals surface area contributed by atoms with Gasteiger partial charge in [-0.15, -0.1) is 11.3 Å². The van der Waals surface area contributed by atoms with Crippen LogP contribution in [0.2, 0.25) is 0 Å². The summed E-state index contributed by atoms with van der Waals surface area (Å²) in [5.41, 5.74) is 2.90. The molecule has 7 heteroatoms. The van der Waals surface area contributed by atoms with Gasteiger partial charge < -0.3 is 24.0 Å². The fourth-order valence-electron chi connectivity index (χ4n) is 3.84. The molecule has 0 fully saturated rings. The molecule has 180 valence electrons. The highest BCUT2D eigenvalue weighted by molar-refractivity contribution is 7.18. The zero-order valence-electron chi connectivity index (χ0n) is 20.3. The standard InChI is InChI=1S/C27H32N2O4S/c1-28(2)13-7-15-31-19-11-12-21-24(17-19)33-23-10-6-5-9-20(23)22-18-25(34-26(21)22)27(30)32-16-8-14-29(3)4/h5-6,9-12,17-18H,7-8,13-16H2,1-4H3. The van der Waals surface area contributed by atoms with E-state index in [1.165, 1.54) is 11.3 Å². The van der Waals surface area contributed by atoms with Gasteiger partial charge in [-0.25, -0.2) is 4.79 Å². The Morgan fingerprint density at radius 3 is 2.35 bits per heavy atom. The molecule has 2 aromatic carbocycles. The Morgan fingerprint density at radius 1 is 0.853 bits per heavy atom. The Bertz CT molecular complexity index is 1140.